The molecule has 2 nitrogen and oxygen atoms in total. The van der Waals surface area contributed by atoms with Crippen molar-refractivity contribution in [3.63, 3.8) is 0 Å². The number of unbranched alkanes of at least 4 members (excludes halogenated alkanes) is 1. The predicted octanol–water partition coefficient (Wildman–Crippen LogP) is 4.06. The Balaban J connectivity index is 2.25. The highest BCUT2D eigenvalue weighted by Crippen LogP contribution is 2.16. The molecule has 1 aliphatic heterocycles. The molecule has 2 atom stereocenters. The first kappa shape index (κ1) is 17.0. The van der Waals surface area contributed by atoms with Crippen molar-refractivity contribution >= 4 is 0 Å². The number of hydrogen-bond donors (Lipinski definition) is 1. The normalized spacial score (nSPS) is 23.5. The van der Waals surface area contributed by atoms with Crippen LogP contribution in [0.25, 0.3) is 0 Å². The highest BCUT2D eigenvalue weighted by atomic mass is 15.1. The molecule has 2 unspecified atom stereocenters. The number of hydrogen-bond acceptors (Lipinski definition) is 2. The van der Waals surface area contributed by atoms with Crippen molar-refractivity contribution in [1.82, 2.24) is 10.2 Å². The molecule has 1 fully saturated rings. The zero-order valence-electron chi connectivity index (χ0n) is 13.8. The Hall–Kier alpha value is -0.0800. The maximum Gasteiger partial charge on any atom is 0.00798 e. The van der Waals surface area contributed by atoms with Crippen molar-refractivity contribution in [1.29, 1.82) is 0 Å². The molecular weight excluding hydrogens is 232 g/mol. The zero-order valence-corrected chi connectivity index (χ0v) is 13.8. The molecule has 0 amide bonds. The van der Waals surface area contributed by atoms with Crippen LogP contribution in [0.4, 0.5) is 0 Å². The Labute approximate surface area is 121 Å². The molecule has 0 spiro atoms. The summed E-state index contributed by atoms with van der Waals surface area (Å²) in [4.78, 5) is 2.63. The van der Waals surface area contributed by atoms with Gasteiger partial charge in [-0.3, -0.25) is 0 Å². The summed E-state index contributed by atoms with van der Waals surface area (Å²) in [6.07, 6.45) is 9.54. The smallest absolute Gasteiger partial charge is 0.00798 e. The summed E-state index contributed by atoms with van der Waals surface area (Å²) in [5.41, 5.74) is 0. The lowest BCUT2D eigenvalue weighted by atomic mass is 9.98. The number of rotatable bonds is 8. The Morgan fingerprint density at radius 3 is 2.58 bits per heavy atom. The summed E-state index contributed by atoms with van der Waals surface area (Å²) in [5, 5.41) is 3.85. The molecule has 114 valence electrons. The summed E-state index contributed by atoms with van der Waals surface area (Å²) in [7, 11) is 0. The predicted molar refractivity (Wildman–Crippen MR) is 85.7 cm³/mol. The van der Waals surface area contributed by atoms with Gasteiger partial charge in [0.05, 0.1) is 0 Å². The van der Waals surface area contributed by atoms with Crippen LogP contribution in [0.2, 0.25) is 0 Å². The first-order valence-corrected chi connectivity index (χ1v) is 8.64. The van der Waals surface area contributed by atoms with Gasteiger partial charge in [-0.15, -0.1) is 0 Å². The second-order valence-corrected chi connectivity index (χ2v) is 6.58. The minimum atomic E-state index is 0.715. The van der Waals surface area contributed by atoms with Crippen LogP contribution in [-0.4, -0.2) is 36.6 Å². The lowest BCUT2D eigenvalue weighted by molar-refractivity contribution is 0.228. The van der Waals surface area contributed by atoms with Crippen LogP contribution in [0.15, 0.2) is 0 Å². The van der Waals surface area contributed by atoms with Crippen molar-refractivity contribution < 1.29 is 0 Å². The lowest BCUT2D eigenvalue weighted by Crippen LogP contribution is -2.35. The summed E-state index contributed by atoms with van der Waals surface area (Å²) < 4.78 is 0. The van der Waals surface area contributed by atoms with Gasteiger partial charge in [-0.1, -0.05) is 33.1 Å². The highest BCUT2D eigenvalue weighted by molar-refractivity contribution is 4.77. The van der Waals surface area contributed by atoms with E-state index < -0.39 is 0 Å². The van der Waals surface area contributed by atoms with Gasteiger partial charge in [-0.05, 0) is 65.1 Å². The van der Waals surface area contributed by atoms with E-state index in [0.717, 1.165) is 12.0 Å². The topological polar surface area (TPSA) is 15.3 Å². The second kappa shape index (κ2) is 9.77. The molecule has 1 N–H and O–H groups in total. The maximum atomic E-state index is 3.85. The second-order valence-electron chi connectivity index (χ2n) is 6.58. The Morgan fingerprint density at radius 1 is 1.16 bits per heavy atom. The van der Waals surface area contributed by atoms with E-state index in [1.54, 1.807) is 0 Å². The van der Waals surface area contributed by atoms with Crippen LogP contribution in [0, 0.1) is 5.92 Å². The van der Waals surface area contributed by atoms with E-state index in [1.165, 1.54) is 64.6 Å². The van der Waals surface area contributed by atoms with Crippen molar-refractivity contribution in [2.45, 2.75) is 84.7 Å². The quantitative estimate of drug-likeness (QED) is 0.714. The summed E-state index contributed by atoms with van der Waals surface area (Å²) in [5.74, 6) is 0.893. The molecule has 0 aromatic heterocycles. The Bertz CT molecular complexity index is 215. The molecule has 0 aromatic carbocycles. The number of nitrogens with one attached hydrogen (secondary N) is 1. The van der Waals surface area contributed by atoms with E-state index >= 15 is 0 Å². The fourth-order valence-electron chi connectivity index (χ4n) is 3.12. The maximum absolute atomic E-state index is 3.85. The van der Waals surface area contributed by atoms with Gasteiger partial charge in [0.2, 0.25) is 0 Å². The molecular formula is C17H36N2. The fraction of sp³-hybridized carbons (Fsp3) is 1.00. The van der Waals surface area contributed by atoms with Gasteiger partial charge >= 0.3 is 0 Å². The van der Waals surface area contributed by atoms with Crippen LogP contribution in [-0.2, 0) is 0 Å². The van der Waals surface area contributed by atoms with Crippen molar-refractivity contribution in [2.24, 2.45) is 5.92 Å². The molecule has 19 heavy (non-hydrogen) atoms. The highest BCUT2D eigenvalue weighted by Gasteiger charge is 2.18. The van der Waals surface area contributed by atoms with E-state index in [-0.39, 0.29) is 0 Å². The van der Waals surface area contributed by atoms with E-state index in [4.69, 9.17) is 0 Å². The first-order valence-electron chi connectivity index (χ1n) is 8.64. The van der Waals surface area contributed by atoms with Gasteiger partial charge in [0, 0.05) is 12.1 Å². The zero-order chi connectivity index (χ0) is 14.1. The van der Waals surface area contributed by atoms with Crippen LogP contribution in [0.5, 0.6) is 0 Å². The lowest BCUT2D eigenvalue weighted by Gasteiger charge is -2.25. The number of nitrogens with zero attached hydrogens (tertiary/aromatic N) is 1. The molecule has 0 aromatic rings. The van der Waals surface area contributed by atoms with Gasteiger partial charge in [-0.25, -0.2) is 0 Å². The summed E-state index contributed by atoms with van der Waals surface area (Å²) in [6, 6.07) is 1.48. The van der Waals surface area contributed by atoms with Crippen molar-refractivity contribution in [3.8, 4) is 0 Å². The van der Waals surface area contributed by atoms with Gasteiger partial charge in [-0.2, -0.15) is 0 Å². The summed E-state index contributed by atoms with van der Waals surface area (Å²) >= 11 is 0. The Kier molecular flexibility index (Phi) is 8.72. The Morgan fingerprint density at radius 2 is 1.95 bits per heavy atom. The van der Waals surface area contributed by atoms with E-state index in [0.29, 0.717) is 6.04 Å². The van der Waals surface area contributed by atoms with Gasteiger partial charge in [0.1, 0.15) is 0 Å². The van der Waals surface area contributed by atoms with E-state index in [1.807, 2.05) is 0 Å². The van der Waals surface area contributed by atoms with Crippen LogP contribution in [0.1, 0.15) is 72.6 Å². The molecule has 1 saturated heterocycles. The minimum Gasteiger partial charge on any atom is -0.314 e. The average Bonchev–Trinajstić information content (AvgIpc) is 2.64. The molecule has 1 aliphatic rings. The van der Waals surface area contributed by atoms with Crippen LogP contribution < -0.4 is 5.32 Å². The average molecular weight is 268 g/mol. The number of likely N-dealkylation sites (tertiary alicyclic amines) is 1. The van der Waals surface area contributed by atoms with Crippen LogP contribution >= 0.6 is 0 Å². The van der Waals surface area contributed by atoms with Crippen molar-refractivity contribution in [2.75, 3.05) is 19.6 Å². The first-order chi connectivity index (χ1) is 9.17. The minimum absolute atomic E-state index is 0.715. The standard InChI is InChI=1S/C17H36N2/c1-5-7-9-16(6-2)14-18-17-10-8-12-19(13-11-17)15(3)4/h15-18H,5-14H2,1-4H3. The largest absolute Gasteiger partial charge is 0.314 e. The summed E-state index contributed by atoms with van der Waals surface area (Å²) in [6.45, 7) is 13.1. The van der Waals surface area contributed by atoms with Gasteiger partial charge in [0.15, 0.2) is 0 Å². The molecule has 0 aliphatic carbocycles. The molecule has 2 heteroatoms. The van der Waals surface area contributed by atoms with Crippen molar-refractivity contribution in [3.05, 3.63) is 0 Å². The van der Waals surface area contributed by atoms with E-state index in [9.17, 15) is 0 Å². The molecule has 1 rings (SSSR count). The van der Waals surface area contributed by atoms with Gasteiger partial charge in [0.25, 0.3) is 0 Å². The van der Waals surface area contributed by atoms with Gasteiger partial charge < -0.3 is 10.2 Å². The third-order valence-electron chi connectivity index (χ3n) is 4.73. The van der Waals surface area contributed by atoms with Crippen LogP contribution in [0.3, 0.4) is 0 Å². The monoisotopic (exact) mass is 268 g/mol. The fourth-order valence-corrected chi connectivity index (χ4v) is 3.12. The molecule has 0 radical (unpaired) electrons. The SMILES string of the molecule is CCCCC(CC)CNC1CCCN(C(C)C)CC1. The third kappa shape index (κ3) is 6.76. The molecule has 0 bridgehead atoms. The molecule has 0 saturated carbocycles. The van der Waals surface area contributed by atoms with E-state index in [2.05, 4.69) is 37.9 Å². The molecule has 1 heterocycles. The third-order valence-corrected chi connectivity index (χ3v) is 4.73.